The smallest absolute Gasteiger partial charge is 0.328 e. The molecule has 0 spiro atoms. The first-order chi connectivity index (χ1) is 8.42. The van der Waals surface area contributed by atoms with Gasteiger partial charge in [0, 0.05) is 6.04 Å². The number of rotatable bonds is 5. The number of carboxylic acid groups (broad SMARTS) is 1. The molecule has 2 rings (SSSR count). The van der Waals surface area contributed by atoms with E-state index in [1.807, 2.05) is 37.3 Å². The van der Waals surface area contributed by atoms with Gasteiger partial charge in [-0.25, -0.2) is 4.79 Å². The van der Waals surface area contributed by atoms with Gasteiger partial charge in [-0.15, -0.1) is 0 Å². The zero-order chi connectivity index (χ0) is 13.4. The molecule has 3 heteroatoms. The van der Waals surface area contributed by atoms with Gasteiger partial charge in [-0.3, -0.25) is 5.32 Å². The van der Waals surface area contributed by atoms with Gasteiger partial charge in [-0.2, -0.15) is 0 Å². The number of hydrogen-bond donors (Lipinski definition) is 2. The van der Waals surface area contributed by atoms with Crippen molar-refractivity contribution in [3.8, 4) is 0 Å². The van der Waals surface area contributed by atoms with Crippen LogP contribution in [0.3, 0.4) is 0 Å². The molecule has 98 valence electrons. The van der Waals surface area contributed by atoms with Crippen molar-refractivity contribution >= 4 is 5.97 Å². The average Bonchev–Trinajstić information content (AvgIpc) is 2.94. The zero-order valence-corrected chi connectivity index (χ0v) is 11.2. The van der Waals surface area contributed by atoms with Gasteiger partial charge in [-0.05, 0) is 23.8 Å². The standard InChI is InChI=1S/C15H21NO2/c1-4-15(13(17)18,11-8-6-5-7-9-11)16-12-10-14(12,2)3/h5-9,12,16H,4,10H2,1-3H3,(H,17,18). The minimum absolute atomic E-state index is 0.213. The molecule has 0 aliphatic heterocycles. The fourth-order valence-corrected chi connectivity index (χ4v) is 2.46. The summed E-state index contributed by atoms with van der Waals surface area (Å²) in [6.07, 6.45) is 1.58. The van der Waals surface area contributed by atoms with Crippen LogP contribution in [-0.2, 0) is 10.3 Å². The lowest BCUT2D eigenvalue weighted by atomic mass is 9.86. The van der Waals surface area contributed by atoms with Crippen molar-refractivity contribution in [2.45, 2.75) is 45.2 Å². The Balaban J connectivity index is 2.32. The van der Waals surface area contributed by atoms with Crippen molar-refractivity contribution in [1.29, 1.82) is 0 Å². The van der Waals surface area contributed by atoms with Gasteiger partial charge in [-0.1, -0.05) is 51.1 Å². The van der Waals surface area contributed by atoms with E-state index < -0.39 is 11.5 Å². The molecule has 0 saturated heterocycles. The average molecular weight is 247 g/mol. The minimum atomic E-state index is -0.959. The Bertz CT molecular complexity index is 441. The summed E-state index contributed by atoms with van der Waals surface area (Å²) < 4.78 is 0. The Hall–Kier alpha value is -1.35. The van der Waals surface area contributed by atoms with Crippen LogP contribution in [0.4, 0.5) is 0 Å². The largest absolute Gasteiger partial charge is 0.480 e. The molecule has 1 aliphatic rings. The van der Waals surface area contributed by atoms with E-state index in [-0.39, 0.29) is 11.5 Å². The van der Waals surface area contributed by atoms with E-state index in [0.29, 0.717) is 6.42 Å². The van der Waals surface area contributed by atoms with Crippen LogP contribution in [0.5, 0.6) is 0 Å². The number of carboxylic acids is 1. The van der Waals surface area contributed by atoms with E-state index in [2.05, 4.69) is 19.2 Å². The number of carbonyl (C=O) groups is 1. The zero-order valence-electron chi connectivity index (χ0n) is 11.2. The highest BCUT2D eigenvalue weighted by atomic mass is 16.4. The molecule has 1 aromatic rings. The van der Waals surface area contributed by atoms with Crippen LogP contribution in [0.15, 0.2) is 30.3 Å². The normalized spacial score (nSPS) is 24.3. The highest BCUT2D eigenvalue weighted by Crippen LogP contribution is 2.47. The maximum Gasteiger partial charge on any atom is 0.328 e. The molecule has 0 amide bonds. The predicted molar refractivity (Wildman–Crippen MR) is 71.4 cm³/mol. The van der Waals surface area contributed by atoms with Crippen LogP contribution in [0.1, 0.15) is 39.2 Å². The summed E-state index contributed by atoms with van der Waals surface area (Å²) in [7, 11) is 0. The van der Waals surface area contributed by atoms with Crippen LogP contribution in [0.25, 0.3) is 0 Å². The molecule has 3 nitrogen and oxygen atoms in total. The maximum atomic E-state index is 11.8. The van der Waals surface area contributed by atoms with E-state index in [4.69, 9.17) is 0 Å². The SMILES string of the molecule is CCC(NC1CC1(C)C)(C(=O)O)c1ccccc1. The van der Waals surface area contributed by atoms with E-state index in [9.17, 15) is 9.90 Å². The summed E-state index contributed by atoms with van der Waals surface area (Å²) in [4.78, 5) is 11.8. The van der Waals surface area contributed by atoms with Gasteiger partial charge in [0.25, 0.3) is 0 Å². The Labute approximate surface area is 108 Å². The molecule has 0 aromatic heterocycles. The highest BCUT2D eigenvalue weighted by molar-refractivity contribution is 5.81. The third kappa shape index (κ3) is 2.15. The molecule has 2 N–H and O–H groups in total. The number of hydrogen-bond acceptors (Lipinski definition) is 2. The number of nitrogens with one attached hydrogen (secondary N) is 1. The molecule has 1 aromatic carbocycles. The third-order valence-corrected chi connectivity index (χ3v) is 4.10. The van der Waals surface area contributed by atoms with Gasteiger partial charge in [0.15, 0.2) is 0 Å². The lowest BCUT2D eigenvalue weighted by Gasteiger charge is -2.31. The second kappa shape index (κ2) is 4.39. The third-order valence-electron chi connectivity index (χ3n) is 4.10. The lowest BCUT2D eigenvalue weighted by Crippen LogP contribution is -2.50. The Morgan fingerprint density at radius 3 is 2.39 bits per heavy atom. The molecule has 2 atom stereocenters. The van der Waals surface area contributed by atoms with Crippen LogP contribution in [0.2, 0.25) is 0 Å². The Kier molecular flexibility index (Phi) is 3.20. The van der Waals surface area contributed by atoms with Crippen molar-refractivity contribution in [2.24, 2.45) is 5.41 Å². The Morgan fingerprint density at radius 1 is 1.44 bits per heavy atom. The second-order valence-electron chi connectivity index (χ2n) is 5.82. The number of benzene rings is 1. The van der Waals surface area contributed by atoms with Gasteiger partial charge in [0.2, 0.25) is 0 Å². The lowest BCUT2D eigenvalue weighted by molar-refractivity contribution is -0.145. The van der Waals surface area contributed by atoms with E-state index >= 15 is 0 Å². The molecular weight excluding hydrogens is 226 g/mol. The second-order valence-corrected chi connectivity index (χ2v) is 5.82. The van der Waals surface area contributed by atoms with Crippen molar-refractivity contribution in [3.05, 3.63) is 35.9 Å². The van der Waals surface area contributed by atoms with Gasteiger partial charge >= 0.3 is 5.97 Å². The molecule has 0 bridgehead atoms. The Morgan fingerprint density at radius 2 is 2.00 bits per heavy atom. The van der Waals surface area contributed by atoms with E-state index in [1.54, 1.807) is 0 Å². The first-order valence-corrected chi connectivity index (χ1v) is 6.49. The first-order valence-electron chi connectivity index (χ1n) is 6.49. The molecule has 0 heterocycles. The fourth-order valence-electron chi connectivity index (χ4n) is 2.46. The van der Waals surface area contributed by atoms with Crippen molar-refractivity contribution in [1.82, 2.24) is 5.32 Å². The quantitative estimate of drug-likeness (QED) is 0.841. The predicted octanol–water partition coefficient (Wildman–Crippen LogP) is 2.76. The van der Waals surface area contributed by atoms with Crippen LogP contribution < -0.4 is 5.32 Å². The van der Waals surface area contributed by atoms with Crippen molar-refractivity contribution in [2.75, 3.05) is 0 Å². The van der Waals surface area contributed by atoms with Gasteiger partial charge in [0.05, 0.1) is 0 Å². The molecule has 0 radical (unpaired) electrons. The topological polar surface area (TPSA) is 49.3 Å². The van der Waals surface area contributed by atoms with Crippen molar-refractivity contribution in [3.63, 3.8) is 0 Å². The maximum absolute atomic E-state index is 11.8. The summed E-state index contributed by atoms with van der Waals surface area (Å²) in [6, 6.07) is 9.76. The van der Waals surface area contributed by atoms with Crippen LogP contribution in [-0.4, -0.2) is 17.1 Å². The monoisotopic (exact) mass is 247 g/mol. The van der Waals surface area contributed by atoms with E-state index in [1.165, 1.54) is 0 Å². The van der Waals surface area contributed by atoms with Crippen LogP contribution >= 0.6 is 0 Å². The molecule has 18 heavy (non-hydrogen) atoms. The fraction of sp³-hybridized carbons (Fsp3) is 0.533. The summed E-state index contributed by atoms with van der Waals surface area (Å²) in [6.45, 7) is 6.25. The van der Waals surface area contributed by atoms with Crippen LogP contribution in [0, 0.1) is 5.41 Å². The summed E-state index contributed by atoms with van der Waals surface area (Å²) in [5.41, 5.74) is 0.0901. The van der Waals surface area contributed by atoms with Gasteiger partial charge in [0.1, 0.15) is 5.54 Å². The summed E-state index contributed by atoms with van der Waals surface area (Å²) in [5, 5.41) is 13.0. The molecule has 1 fully saturated rings. The number of aliphatic carboxylic acids is 1. The van der Waals surface area contributed by atoms with E-state index in [0.717, 1.165) is 12.0 Å². The molecule has 1 saturated carbocycles. The van der Waals surface area contributed by atoms with Gasteiger partial charge < -0.3 is 5.11 Å². The van der Waals surface area contributed by atoms with Crippen molar-refractivity contribution < 1.29 is 9.90 Å². The molecule has 2 unspecified atom stereocenters. The highest BCUT2D eigenvalue weighted by Gasteiger charge is 2.51. The molecule has 1 aliphatic carbocycles. The minimum Gasteiger partial charge on any atom is -0.480 e. The first kappa shape index (κ1) is 13.1. The molecular formula is C15H21NO2. The summed E-state index contributed by atoms with van der Waals surface area (Å²) in [5.74, 6) is -0.793. The summed E-state index contributed by atoms with van der Waals surface area (Å²) >= 11 is 0.